The average molecular weight is 357 g/mol. The molecule has 0 aliphatic carbocycles. The van der Waals surface area contributed by atoms with Gasteiger partial charge in [0.1, 0.15) is 11.6 Å². The van der Waals surface area contributed by atoms with Crippen LogP contribution in [0.15, 0.2) is 48.8 Å². The van der Waals surface area contributed by atoms with Gasteiger partial charge in [-0.25, -0.2) is 9.07 Å². The molecule has 0 spiro atoms. The Kier molecular flexibility index (Phi) is 5.31. The van der Waals surface area contributed by atoms with Crippen molar-refractivity contribution in [2.24, 2.45) is 0 Å². The molecule has 0 N–H and O–H groups in total. The van der Waals surface area contributed by atoms with E-state index >= 15 is 0 Å². The number of rotatable bonds is 7. The second kappa shape index (κ2) is 7.81. The molecule has 7 nitrogen and oxygen atoms in total. The summed E-state index contributed by atoms with van der Waals surface area (Å²) in [5.74, 6) is 0.00566. The molecule has 0 aliphatic heterocycles. The number of halogens is 1. The predicted octanol–water partition coefficient (Wildman–Crippen LogP) is 2.55. The van der Waals surface area contributed by atoms with Crippen LogP contribution in [0.4, 0.5) is 4.39 Å². The number of ether oxygens (including phenoxy) is 1. The van der Waals surface area contributed by atoms with Crippen molar-refractivity contribution in [3.8, 4) is 5.75 Å². The molecule has 0 fully saturated rings. The number of aromatic nitrogens is 4. The third kappa shape index (κ3) is 4.27. The summed E-state index contributed by atoms with van der Waals surface area (Å²) in [6.45, 7) is 3.33. The fourth-order valence-electron chi connectivity index (χ4n) is 2.39. The average Bonchev–Trinajstić information content (AvgIpc) is 3.30. The van der Waals surface area contributed by atoms with Crippen molar-refractivity contribution in [2.45, 2.75) is 26.7 Å². The van der Waals surface area contributed by atoms with E-state index in [1.165, 1.54) is 28.9 Å². The van der Waals surface area contributed by atoms with Gasteiger partial charge in [-0.2, -0.15) is 10.2 Å². The van der Waals surface area contributed by atoms with E-state index in [1.807, 2.05) is 23.9 Å². The highest BCUT2D eigenvalue weighted by molar-refractivity contribution is 5.91. The van der Waals surface area contributed by atoms with E-state index in [0.717, 1.165) is 12.2 Å². The van der Waals surface area contributed by atoms with Gasteiger partial charge in [0.15, 0.2) is 12.4 Å². The highest BCUT2D eigenvalue weighted by Crippen LogP contribution is 2.12. The first-order valence-corrected chi connectivity index (χ1v) is 8.25. The Hall–Kier alpha value is -3.16. The predicted molar refractivity (Wildman–Crippen MR) is 93.0 cm³/mol. The lowest BCUT2D eigenvalue weighted by molar-refractivity contribution is 0.0775. The number of hydrogen-bond acceptors (Lipinski definition) is 4. The van der Waals surface area contributed by atoms with Gasteiger partial charge in [0.05, 0.1) is 12.2 Å². The first-order chi connectivity index (χ1) is 12.5. The largest absolute Gasteiger partial charge is 0.471 e. The highest BCUT2D eigenvalue weighted by Gasteiger charge is 2.16. The maximum atomic E-state index is 12.9. The first-order valence-electron chi connectivity index (χ1n) is 8.25. The highest BCUT2D eigenvalue weighted by atomic mass is 19.1. The number of carbonyl (C=O) groups excluding carboxylic acids is 1. The van der Waals surface area contributed by atoms with Crippen molar-refractivity contribution in [2.75, 3.05) is 7.05 Å². The number of amides is 1. The molecule has 3 aromatic rings. The minimum atomic E-state index is -0.323. The van der Waals surface area contributed by atoms with Gasteiger partial charge in [0.25, 0.3) is 5.91 Å². The van der Waals surface area contributed by atoms with Gasteiger partial charge in [-0.05, 0) is 43.3 Å². The Morgan fingerprint density at radius 1 is 1.12 bits per heavy atom. The lowest BCUT2D eigenvalue weighted by Gasteiger charge is -2.14. The van der Waals surface area contributed by atoms with Crippen LogP contribution in [0, 0.1) is 5.82 Å². The maximum absolute atomic E-state index is 12.9. The quantitative estimate of drug-likeness (QED) is 0.652. The molecule has 2 aromatic heterocycles. The molecule has 0 saturated carbocycles. The summed E-state index contributed by atoms with van der Waals surface area (Å²) >= 11 is 0. The molecular formula is C18H20FN5O2. The summed E-state index contributed by atoms with van der Waals surface area (Å²) in [6.07, 6.45) is 3.55. The lowest BCUT2D eigenvalue weighted by Crippen LogP contribution is -2.27. The lowest BCUT2D eigenvalue weighted by atomic mass is 10.3. The number of hydrogen-bond donors (Lipinski definition) is 0. The van der Waals surface area contributed by atoms with Crippen LogP contribution in [-0.2, 0) is 19.8 Å². The minimum absolute atomic E-state index is 0.129. The van der Waals surface area contributed by atoms with E-state index in [1.54, 1.807) is 24.2 Å². The van der Waals surface area contributed by atoms with Gasteiger partial charge in [-0.1, -0.05) is 0 Å². The van der Waals surface area contributed by atoms with E-state index in [2.05, 4.69) is 10.2 Å². The molecule has 0 bridgehead atoms. The van der Waals surface area contributed by atoms with E-state index < -0.39 is 0 Å². The summed E-state index contributed by atoms with van der Waals surface area (Å²) in [7, 11) is 1.71. The summed E-state index contributed by atoms with van der Waals surface area (Å²) in [6, 6.07) is 9.24. The second-order valence-electron chi connectivity index (χ2n) is 5.79. The van der Waals surface area contributed by atoms with E-state index in [4.69, 9.17) is 4.74 Å². The van der Waals surface area contributed by atoms with Gasteiger partial charge < -0.3 is 9.64 Å². The molecule has 26 heavy (non-hydrogen) atoms. The van der Waals surface area contributed by atoms with Crippen LogP contribution < -0.4 is 4.74 Å². The van der Waals surface area contributed by atoms with Crippen molar-refractivity contribution in [3.63, 3.8) is 0 Å². The molecule has 2 heterocycles. The molecule has 3 rings (SSSR count). The molecule has 0 saturated heterocycles. The van der Waals surface area contributed by atoms with Crippen LogP contribution in [0.2, 0.25) is 0 Å². The van der Waals surface area contributed by atoms with Crippen molar-refractivity contribution in [3.05, 3.63) is 66.0 Å². The number of aryl methyl sites for hydroxylation is 1. The number of benzene rings is 1. The topological polar surface area (TPSA) is 65.2 Å². The van der Waals surface area contributed by atoms with Gasteiger partial charge in [0, 0.05) is 26.0 Å². The fourth-order valence-corrected chi connectivity index (χ4v) is 2.39. The zero-order valence-corrected chi connectivity index (χ0v) is 14.7. The zero-order valence-electron chi connectivity index (χ0n) is 14.7. The fraction of sp³-hybridized carbons (Fsp3) is 0.278. The third-order valence-corrected chi connectivity index (χ3v) is 3.80. The van der Waals surface area contributed by atoms with Gasteiger partial charge in [-0.15, -0.1) is 0 Å². The number of nitrogens with zero attached hydrogens (tertiary/aromatic N) is 5. The standard InChI is InChI=1S/C18H20FN5O2/c1-3-23-10-8-15(20-23)12-22(2)18(25)17-9-11-24(21-17)13-26-16-6-4-14(19)5-7-16/h4-11H,3,12-13H2,1-2H3. The Labute approximate surface area is 150 Å². The summed E-state index contributed by atoms with van der Waals surface area (Å²) in [5, 5.41) is 8.60. The Bertz CT molecular complexity index is 872. The molecule has 0 aliphatic rings. The van der Waals surface area contributed by atoms with Crippen molar-refractivity contribution < 1.29 is 13.9 Å². The summed E-state index contributed by atoms with van der Waals surface area (Å²) in [5.41, 5.74) is 1.15. The molecule has 0 atom stereocenters. The van der Waals surface area contributed by atoms with Crippen molar-refractivity contribution in [1.82, 2.24) is 24.5 Å². The summed E-state index contributed by atoms with van der Waals surface area (Å²) in [4.78, 5) is 14.0. The van der Waals surface area contributed by atoms with Gasteiger partial charge in [-0.3, -0.25) is 9.48 Å². The van der Waals surface area contributed by atoms with Crippen LogP contribution in [0.3, 0.4) is 0 Å². The molecule has 0 radical (unpaired) electrons. The van der Waals surface area contributed by atoms with E-state index in [9.17, 15) is 9.18 Å². The minimum Gasteiger partial charge on any atom is -0.471 e. The van der Waals surface area contributed by atoms with Crippen LogP contribution in [0.5, 0.6) is 5.75 Å². The summed E-state index contributed by atoms with van der Waals surface area (Å²) < 4.78 is 21.7. The first kappa shape index (κ1) is 17.7. The van der Waals surface area contributed by atoms with Crippen molar-refractivity contribution >= 4 is 5.91 Å². The van der Waals surface area contributed by atoms with Crippen LogP contribution in [-0.4, -0.2) is 37.4 Å². The molecule has 0 unspecified atom stereocenters. The SMILES string of the molecule is CCn1ccc(CN(C)C(=O)c2ccn(COc3ccc(F)cc3)n2)n1. The molecular weight excluding hydrogens is 337 g/mol. The smallest absolute Gasteiger partial charge is 0.274 e. The zero-order chi connectivity index (χ0) is 18.5. The Morgan fingerprint density at radius 3 is 2.54 bits per heavy atom. The monoisotopic (exact) mass is 357 g/mol. The third-order valence-electron chi connectivity index (χ3n) is 3.80. The molecule has 136 valence electrons. The van der Waals surface area contributed by atoms with Crippen molar-refractivity contribution in [1.29, 1.82) is 0 Å². The normalized spacial score (nSPS) is 10.7. The Balaban J connectivity index is 1.57. The second-order valence-corrected chi connectivity index (χ2v) is 5.79. The van der Waals surface area contributed by atoms with E-state index in [-0.39, 0.29) is 18.5 Å². The van der Waals surface area contributed by atoms with E-state index in [0.29, 0.717) is 18.0 Å². The van der Waals surface area contributed by atoms with Crippen LogP contribution in [0.25, 0.3) is 0 Å². The molecule has 8 heteroatoms. The number of carbonyl (C=O) groups is 1. The van der Waals surface area contributed by atoms with Gasteiger partial charge >= 0.3 is 0 Å². The molecule has 1 aromatic carbocycles. The van der Waals surface area contributed by atoms with Crippen LogP contribution >= 0.6 is 0 Å². The van der Waals surface area contributed by atoms with Crippen LogP contribution in [0.1, 0.15) is 23.1 Å². The van der Waals surface area contributed by atoms with Gasteiger partial charge in [0.2, 0.25) is 0 Å². The Morgan fingerprint density at radius 2 is 1.85 bits per heavy atom. The maximum Gasteiger partial charge on any atom is 0.274 e. The molecule has 1 amide bonds.